The minimum Gasteiger partial charge on any atom is -0.481 e. The highest BCUT2D eigenvalue weighted by atomic mass is 16.5. The molecule has 0 heterocycles. The largest absolute Gasteiger partial charge is 0.481 e. The molecule has 1 amide bonds. The monoisotopic (exact) mass is 659 g/mol. The number of esters is 1. The number of allylic oxidation sites excluding steroid dienone is 1. The summed E-state index contributed by atoms with van der Waals surface area (Å²) in [5.74, 6) is 3.28. The Morgan fingerprint density at radius 2 is 1.55 bits per heavy atom. The zero-order chi connectivity index (χ0) is 35.3. The standard InChI is InChI=1S/C22H38O6.C14H15NO4/c1-3-4-5-9-12-15-19(23)16-13-10-7-6-8-11-14-17-22(27,21(25)26)18-20(24)28-2;1-2-3-8-19-12-6-4-11(5-7-12)9-13(14(17)18)15-10-16/h11,14,27H,3-10,12-13,15-18H2,1-2H3,(H,25,26);4-7,10,13H,8-9H2,1H3,(H,15,16)(H,17,18)/b14-11+;/t22-;/m1./s1. The van der Waals surface area contributed by atoms with E-state index < -0.39 is 36.0 Å². The van der Waals surface area contributed by atoms with E-state index in [0.717, 1.165) is 57.6 Å². The maximum atomic E-state index is 11.8. The van der Waals surface area contributed by atoms with Gasteiger partial charge in [0.1, 0.15) is 24.2 Å². The van der Waals surface area contributed by atoms with Gasteiger partial charge in [0.15, 0.2) is 5.60 Å². The van der Waals surface area contributed by atoms with Gasteiger partial charge in [0.2, 0.25) is 6.41 Å². The molecule has 4 N–H and O–H groups in total. The van der Waals surface area contributed by atoms with Crippen molar-refractivity contribution in [1.82, 2.24) is 5.32 Å². The zero-order valence-corrected chi connectivity index (χ0v) is 28.1. The number of hydrogen-bond donors (Lipinski definition) is 4. The molecule has 47 heavy (non-hydrogen) atoms. The maximum absolute atomic E-state index is 11.8. The molecule has 2 atom stereocenters. The van der Waals surface area contributed by atoms with Crippen molar-refractivity contribution in [2.75, 3.05) is 13.7 Å². The summed E-state index contributed by atoms with van der Waals surface area (Å²) in [4.78, 5) is 55.3. The predicted molar refractivity (Wildman–Crippen MR) is 179 cm³/mol. The lowest BCUT2D eigenvalue weighted by Crippen LogP contribution is -2.40. The minimum atomic E-state index is -2.12. The number of nitrogens with one attached hydrogen (secondary N) is 1. The number of hydrogen-bond acceptors (Lipinski definition) is 8. The molecule has 0 spiro atoms. The molecule has 1 rings (SSSR count). The van der Waals surface area contributed by atoms with Gasteiger partial charge in [-0.05, 0) is 50.3 Å². The van der Waals surface area contributed by atoms with Gasteiger partial charge in [-0.2, -0.15) is 0 Å². The van der Waals surface area contributed by atoms with Gasteiger partial charge in [-0.1, -0.05) is 75.7 Å². The fourth-order valence-electron chi connectivity index (χ4n) is 4.38. The van der Waals surface area contributed by atoms with Crippen LogP contribution in [0, 0.1) is 11.8 Å². The highest BCUT2D eigenvalue weighted by molar-refractivity contribution is 5.84. The van der Waals surface area contributed by atoms with E-state index in [1.807, 2.05) is 6.08 Å². The summed E-state index contributed by atoms with van der Waals surface area (Å²) in [5.41, 5.74) is -1.32. The number of rotatable bonds is 25. The van der Waals surface area contributed by atoms with E-state index in [1.165, 1.54) is 19.3 Å². The summed E-state index contributed by atoms with van der Waals surface area (Å²) < 4.78 is 9.76. The zero-order valence-electron chi connectivity index (χ0n) is 28.1. The van der Waals surface area contributed by atoms with Gasteiger partial charge >= 0.3 is 17.9 Å². The number of carbonyl (C=O) groups is 5. The molecule has 0 radical (unpaired) electrons. The topological polar surface area (TPSA) is 177 Å². The number of carboxylic acids is 2. The number of ketones is 1. The van der Waals surface area contributed by atoms with E-state index >= 15 is 0 Å². The fraction of sp³-hybridized carbons (Fsp3) is 0.583. The van der Waals surface area contributed by atoms with Crippen LogP contribution in [0.1, 0.15) is 109 Å². The number of amides is 1. The van der Waals surface area contributed by atoms with Crippen LogP contribution in [0.5, 0.6) is 5.75 Å². The van der Waals surface area contributed by atoms with Crippen LogP contribution in [0.3, 0.4) is 0 Å². The number of benzene rings is 1. The first-order chi connectivity index (χ1) is 22.5. The number of Topliss-reactive ketones (excluding diaryl/α,β-unsaturated/α-hetero) is 1. The Balaban J connectivity index is 0.000000966. The second-order valence-corrected chi connectivity index (χ2v) is 11.2. The third-order valence-corrected chi connectivity index (χ3v) is 7.24. The average Bonchev–Trinajstić information content (AvgIpc) is 3.04. The molecule has 0 bridgehead atoms. The highest BCUT2D eigenvalue weighted by Gasteiger charge is 2.37. The number of aliphatic carboxylic acids is 2. The lowest BCUT2D eigenvalue weighted by atomic mass is 9.95. The molecule has 262 valence electrons. The van der Waals surface area contributed by atoms with Crippen molar-refractivity contribution in [2.45, 2.75) is 122 Å². The van der Waals surface area contributed by atoms with Crippen LogP contribution in [0.4, 0.5) is 0 Å². The Morgan fingerprint density at radius 3 is 2.09 bits per heavy atom. The minimum absolute atomic E-state index is 0.135. The second kappa shape index (κ2) is 27.0. The van der Waals surface area contributed by atoms with Crippen molar-refractivity contribution in [3.8, 4) is 17.6 Å². The average molecular weight is 660 g/mol. The van der Waals surface area contributed by atoms with Crippen LogP contribution in [0.2, 0.25) is 0 Å². The van der Waals surface area contributed by atoms with Crippen molar-refractivity contribution in [2.24, 2.45) is 0 Å². The summed E-state index contributed by atoms with van der Waals surface area (Å²) in [6.45, 7) is 4.24. The molecule has 11 heteroatoms. The van der Waals surface area contributed by atoms with Gasteiger partial charge in [-0.15, -0.1) is 5.92 Å². The molecule has 0 saturated carbocycles. The molecule has 0 aliphatic rings. The molecule has 0 aliphatic carbocycles. The predicted octanol–water partition coefficient (Wildman–Crippen LogP) is 5.41. The molecule has 0 aliphatic heterocycles. The number of carbonyl (C=O) groups excluding carboxylic acids is 3. The highest BCUT2D eigenvalue weighted by Crippen LogP contribution is 2.18. The van der Waals surface area contributed by atoms with Crippen LogP contribution in [-0.2, 0) is 35.1 Å². The summed E-state index contributed by atoms with van der Waals surface area (Å²) >= 11 is 0. The molecule has 1 unspecified atom stereocenters. The summed E-state index contributed by atoms with van der Waals surface area (Å²) in [6.07, 6.45) is 15.3. The van der Waals surface area contributed by atoms with Gasteiger partial charge in [0, 0.05) is 25.7 Å². The van der Waals surface area contributed by atoms with Crippen LogP contribution in [0.15, 0.2) is 36.4 Å². The molecule has 1 aromatic rings. The van der Waals surface area contributed by atoms with Crippen LogP contribution in [-0.4, -0.2) is 70.8 Å². The van der Waals surface area contributed by atoms with E-state index in [-0.39, 0.29) is 12.8 Å². The molecular weight excluding hydrogens is 606 g/mol. The molecule has 11 nitrogen and oxygen atoms in total. The Hall–Kier alpha value is -4.17. The molecule has 0 fully saturated rings. The van der Waals surface area contributed by atoms with Crippen molar-refractivity contribution in [3.63, 3.8) is 0 Å². The SMILES string of the molecule is CC#CCOc1ccc(CC(NC=O)C(=O)O)cc1.CCCCCCCC(=O)CCCCCC/C=C/C[C@@](O)(CC(=O)OC)C(=O)O. The number of unbranched alkanes of at least 4 members (excludes halogenated alkanes) is 8. The van der Waals surface area contributed by atoms with Gasteiger partial charge in [-0.3, -0.25) is 14.4 Å². The lowest BCUT2D eigenvalue weighted by Gasteiger charge is -2.20. The van der Waals surface area contributed by atoms with E-state index in [0.29, 0.717) is 37.4 Å². The van der Waals surface area contributed by atoms with E-state index in [4.69, 9.17) is 14.9 Å². The Morgan fingerprint density at radius 1 is 0.936 bits per heavy atom. The van der Waals surface area contributed by atoms with E-state index in [9.17, 15) is 29.1 Å². The van der Waals surface area contributed by atoms with Gasteiger partial charge in [0.05, 0.1) is 13.5 Å². The van der Waals surface area contributed by atoms with Gasteiger partial charge in [0.25, 0.3) is 0 Å². The van der Waals surface area contributed by atoms with Crippen LogP contribution < -0.4 is 10.1 Å². The van der Waals surface area contributed by atoms with Crippen molar-refractivity contribution < 1.29 is 48.8 Å². The van der Waals surface area contributed by atoms with Crippen LogP contribution >= 0.6 is 0 Å². The third kappa shape index (κ3) is 22.1. The second-order valence-electron chi connectivity index (χ2n) is 11.2. The third-order valence-electron chi connectivity index (χ3n) is 7.24. The molecule has 0 aromatic heterocycles. The lowest BCUT2D eigenvalue weighted by molar-refractivity contribution is -0.165. The first-order valence-electron chi connectivity index (χ1n) is 16.3. The normalized spacial score (nSPS) is 12.3. The van der Waals surface area contributed by atoms with Crippen LogP contribution in [0.25, 0.3) is 0 Å². The Bertz CT molecular complexity index is 1150. The quantitative estimate of drug-likeness (QED) is 0.0349. The number of methoxy groups -OCH3 is 1. The van der Waals surface area contributed by atoms with Crippen molar-refractivity contribution in [3.05, 3.63) is 42.0 Å². The van der Waals surface area contributed by atoms with Gasteiger partial charge < -0.3 is 30.1 Å². The first kappa shape index (κ1) is 42.8. The molecular formula is C36H53NO10. The first-order valence-corrected chi connectivity index (χ1v) is 16.3. The van der Waals surface area contributed by atoms with E-state index in [2.05, 4.69) is 28.8 Å². The summed E-state index contributed by atoms with van der Waals surface area (Å²) in [7, 11) is 1.15. The number of aliphatic hydroxyl groups is 1. The maximum Gasteiger partial charge on any atom is 0.336 e. The number of carboxylic acid groups (broad SMARTS) is 2. The number of ether oxygens (including phenoxy) is 2. The molecule has 0 saturated heterocycles. The fourth-order valence-corrected chi connectivity index (χ4v) is 4.38. The summed E-state index contributed by atoms with van der Waals surface area (Å²) in [6, 6.07) is 6.09. The van der Waals surface area contributed by atoms with E-state index in [1.54, 1.807) is 37.3 Å². The van der Waals surface area contributed by atoms with Crippen molar-refractivity contribution in [1.29, 1.82) is 0 Å². The Kier molecular flexibility index (Phi) is 24.6. The Labute approximate surface area is 279 Å². The smallest absolute Gasteiger partial charge is 0.336 e. The van der Waals surface area contributed by atoms with Gasteiger partial charge in [-0.25, -0.2) is 9.59 Å². The van der Waals surface area contributed by atoms with Crippen molar-refractivity contribution >= 4 is 30.1 Å². The molecule has 1 aromatic carbocycles. The summed E-state index contributed by atoms with van der Waals surface area (Å²) in [5, 5.41) is 30.3.